The molecule has 0 atom stereocenters. The van der Waals surface area contributed by atoms with E-state index in [0.717, 1.165) is 27.7 Å². The van der Waals surface area contributed by atoms with Crippen molar-refractivity contribution in [1.82, 2.24) is 20.4 Å². The summed E-state index contributed by atoms with van der Waals surface area (Å²) in [6.45, 7) is 12.3. The van der Waals surface area contributed by atoms with Gasteiger partial charge in [-0.3, -0.25) is 9.89 Å². The first-order chi connectivity index (χ1) is 16.0. The lowest BCUT2D eigenvalue weighted by molar-refractivity contribution is 0.0225. The normalized spacial score (nSPS) is 14.2. The third-order valence-corrected chi connectivity index (χ3v) is 5.80. The number of hydrogen-bond donors (Lipinski definition) is 2. The summed E-state index contributed by atoms with van der Waals surface area (Å²) < 4.78 is 11.5. The largest absolute Gasteiger partial charge is 0.491 e. The predicted molar refractivity (Wildman–Crippen MR) is 130 cm³/mol. The van der Waals surface area contributed by atoms with E-state index in [0.29, 0.717) is 24.4 Å². The van der Waals surface area contributed by atoms with E-state index in [2.05, 4.69) is 15.5 Å². The average molecular weight is 465 g/mol. The van der Waals surface area contributed by atoms with E-state index >= 15 is 0 Å². The van der Waals surface area contributed by atoms with E-state index in [-0.39, 0.29) is 12.5 Å². The molecule has 0 saturated carbocycles. The van der Waals surface area contributed by atoms with Crippen LogP contribution in [0.5, 0.6) is 5.75 Å². The molecule has 8 heteroatoms. The zero-order chi connectivity index (χ0) is 24.7. The molecule has 0 aliphatic carbocycles. The summed E-state index contributed by atoms with van der Waals surface area (Å²) in [5.41, 5.74) is 2.68. The maximum atomic E-state index is 13.4. The van der Waals surface area contributed by atoms with Gasteiger partial charge in [0.2, 0.25) is 0 Å². The molecule has 8 nitrogen and oxygen atoms in total. The lowest BCUT2D eigenvalue weighted by atomic mass is 9.95. The van der Waals surface area contributed by atoms with E-state index in [1.54, 1.807) is 17.0 Å². The molecule has 1 aliphatic rings. The van der Waals surface area contributed by atoms with E-state index in [1.807, 2.05) is 65.8 Å². The number of carbonyl (C=O) groups is 2. The first kappa shape index (κ1) is 23.6. The number of para-hydroxylation sites is 2. The molecule has 180 valence electrons. The summed E-state index contributed by atoms with van der Waals surface area (Å²) in [6.07, 6.45) is -0.402. The molecule has 2 amide bonds. The summed E-state index contributed by atoms with van der Waals surface area (Å²) in [5.74, 6) is 0.232. The van der Waals surface area contributed by atoms with Crippen LogP contribution in [0.2, 0.25) is 0 Å². The number of nitrogens with one attached hydrogen (secondary N) is 2. The maximum absolute atomic E-state index is 13.4. The zero-order valence-corrected chi connectivity index (χ0v) is 20.6. The Morgan fingerprint density at radius 2 is 1.85 bits per heavy atom. The second kappa shape index (κ2) is 8.66. The lowest BCUT2D eigenvalue weighted by Gasteiger charge is -2.26. The van der Waals surface area contributed by atoms with Crippen LogP contribution in [0.25, 0.3) is 10.9 Å². The van der Waals surface area contributed by atoms with E-state index in [9.17, 15) is 9.59 Å². The quantitative estimate of drug-likeness (QED) is 0.587. The van der Waals surface area contributed by atoms with Gasteiger partial charge in [0, 0.05) is 10.9 Å². The smallest absolute Gasteiger partial charge is 0.410 e. The molecule has 1 aromatic heterocycles. The van der Waals surface area contributed by atoms with Crippen molar-refractivity contribution >= 4 is 22.9 Å². The number of hydrogen-bond acceptors (Lipinski definition) is 5. The van der Waals surface area contributed by atoms with Crippen molar-refractivity contribution in [3.63, 3.8) is 0 Å². The number of rotatable bonds is 3. The molecular weight excluding hydrogens is 432 g/mol. The highest BCUT2D eigenvalue weighted by Crippen LogP contribution is 2.31. The molecule has 2 aromatic carbocycles. The first-order valence-corrected chi connectivity index (χ1v) is 11.5. The molecule has 0 saturated heterocycles. The van der Waals surface area contributed by atoms with Crippen LogP contribution in [0.3, 0.4) is 0 Å². The van der Waals surface area contributed by atoms with Gasteiger partial charge in [-0.25, -0.2) is 4.79 Å². The van der Waals surface area contributed by atoms with Crippen LogP contribution < -0.4 is 10.1 Å². The number of carbonyl (C=O) groups excluding carboxylic acids is 2. The van der Waals surface area contributed by atoms with Gasteiger partial charge in [0.25, 0.3) is 5.91 Å². The van der Waals surface area contributed by atoms with Gasteiger partial charge in [0.05, 0.1) is 35.4 Å². The van der Waals surface area contributed by atoms with Crippen LogP contribution in [-0.4, -0.2) is 45.9 Å². The molecule has 1 aliphatic heterocycles. The molecule has 2 N–H and O–H groups in total. The Kier molecular flexibility index (Phi) is 6.02. The number of nitrogens with zero attached hydrogens (tertiary/aromatic N) is 2. The molecule has 34 heavy (non-hydrogen) atoms. The second-order valence-electron chi connectivity index (χ2n) is 10.2. The summed E-state index contributed by atoms with van der Waals surface area (Å²) in [5, 5.41) is 11.7. The molecule has 4 rings (SSSR count). The summed E-state index contributed by atoms with van der Waals surface area (Å²) in [7, 11) is 0. The van der Waals surface area contributed by atoms with Crippen LogP contribution in [0, 0.1) is 6.92 Å². The van der Waals surface area contributed by atoms with Crippen LogP contribution in [0.15, 0.2) is 36.4 Å². The van der Waals surface area contributed by atoms with Gasteiger partial charge in [0.1, 0.15) is 18.0 Å². The standard InChI is InChI=1S/C26H32N4O4/c1-16-9-7-11-18-20(16)28-29-22(18)26(5,6)27-23(31)19-12-8-10-17-15-30(13-14-33-21(17)19)24(32)34-25(2,3)4/h7-12H,13-15H2,1-6H3,(H,27,31)(H,28,29). The number of aryl methyl sites for hydroxylation is 1. The van der Waals surface area contributed by atoms with Gasteiger partial charge in [0.15, 0.2) is 0 Å². The third kappa shape index (κ3) is 4.71. The Morgan fingerprint density at radius 3 is 2.59 bits per heavy atom. The molecule has 0 unspecified atom stereocenters. The van der Waals surface area contributed by atoms with Crippen molar-refractivity contribution in [2.24, 2.45) is 0 Å². The first-order valence-electron chi connectivity index (χ1n) is 11.5. The summed E-state index contributed by atoms with van der Waals surface area (Å²) >= 11 is 0. The van der Waals surface area contributed by atoms with Crippen molar-refractivity contribution in [3.8, 4) is 5.75 Å². The van der Waals surface area contributed by atoms with Crippen LogP contribution in [-0.2, 0) is 16.8 Å². The summed E-state index contributed by atoms with van der Waals surface area (Å²) in [6, 6.07) is 11.4. The van der Waals surface area contributed by atoms with E-state index < -0.39 is 17.2 Å². The fraction of sp³-hybridized carbons (Fsp3) is 0.423. The number of aromatic amines is 1. The molecule has 3 aromatic rings. The zero-order valence-electron chi connectivity index (χ0n) is 20.6. The number of aromatic nitrogens is 2. The fourth-order valence-corrected chi connectivity index (χ4v) is 4.15. The van der Waals surface area contributed by atoms with Gasteiger partial charge in [-0.1, -0.05) is 30.3 Å². The Balaban J connectivity index is 1.58. The van der Waals surface area contributed by atoms with Crippen LogP contribution in [0.1, 0.15) is 61.8 Å². The van der Waals surface area contributed by atoms with Crippen molar-refractivity contribution in [2.75, 3.05) is 13.2 Å². The average Bonchev–Trinajstić information content (AvgIpc) is 3.07. The number of benzene rings is 2. The number of ether oxygens (including phenoxy) is 2. The minimum Gasteiger partial charge on any atom is -0.491 e. The van der Waals surface area contributed by atoms with Crippen molar-refractivity contribution in [2.45, 2.75) is 59.2 Å². The topological polar surface area (TPSA) is 96.5 Å². The molecule has 0 fully saturated rings. The minimum atomic E-state index is -0.713. The minimum absolute atomic E-state index is 0.261. The molecular formula is C26H32N4O4. The highest BCUT2D eigenvalue weighted by molar-refractivity contribution is 5.98. The lowest BCUT2D eigenvalue weighted by Crippen LogP contribution is -2.41. The second-order valence-corrected chi connectivity index (χ2v) is 10.2. The number of fused-ring (bicyclic) bond motifs is 2. The van der Waals surface area contributed by atoms with E-state index in [4.69, 9.17) is 9.47 Å². The van der Waals surface area contributed by atoms with Gasteiger partial charge < -0.3 is 19.7 Å². The Bertz CT molecular complexity index is 1240. The summed E-state index contributed by atoms with van der Waals surface area (Å²) in [4.78, 5) is 27.6. The highest BCUT2D eigenvalue weighted by Gasteiger charge is 2.31. The maximum Gasteiger partial charge on any atom is 0.410 e. The SMILES string of the molecule is Cc1cccc2c(C(C)(C)NC(=O)c3cccc4c3OCCN(C(=O)OC(C)(C)C)C4)[nH]nc12. The van der Waals surface area contributed by atoms with E-state index in [1.165, 1.54) is 0 Å². The van der Waals surface area contributed by atoms with Gasteiger partial charge >= 0.3 is 6.09 Å². The Hall–Kier alpha value is -3.55. The van der Waals surface area contributed by atoms with Crippen LogP contribution in [0.4, 0.5) is 4.79 Å². The Labute approximate surface area is 199 Å². The predicted octanol–water partition coefficient (Wildman–Crippen LogP) is 4.67. The molecule has 2 heterocycles. The molecule has 0 spiro atoms. The highest BCUT2D eigenvalue weighted by atomic mass is 16.6. The third-order valence-electron chi connectivity index (χ3n) is 5.80. The fourth-order valence-electron chi connectivity index (χ4n) is 4.15. The number of H-pyrrole nitrogens is 1. The van der Waals surface area contributed by atoms with Crippen molar-refractivity contribution in [3.05, 3.63) is 58.8 Å². The van der Waals surface area contributed by atoms with Gasteiger partial charge in [-0.2, -0.15) is 5.10 Å². The molecule has 0 radical (unpaired) electrons. The van der Waals surface area contributed by atoms with Gasteiger partial charge in [-0.15, -0.1) is 0 Å². The Morgan fingerprint density at radius 1 is 1.12 bits per heavy atom. The monoisotopic (exact) mass is 464 g/mol. The number of amides is 2. The van der Waals surface area contributed by atoms with Crippen LogP contribution >= 0.6 is 0 Å². The van der Waals surface area contributed by atoms with Crippen molar-refractivity contribution in [1.29, 1.82) is 0 Å². The van der Waals surface area contributed by atoms with Gasteiger partial charge in [-0.05, 0) is 53.2 Å². The molecule has 0 bridgehead atoms. The van der Waals surface area contributed by atoms with Crippen molar-refractivity contribution < 1.29 is 19.1 Å².